The van der Waals surface area contributed by atoms with Gasteiger partial charge in [-0.2, -0.15) is 0 Å². The Morgan fingerprint density at radius 1 is 1.10 bits per heavy atom. The van der Waals surface area contributed by atoms with Gasteiger partial charge in [-0.05, 0) is 42.2 Å². The molecule has 0 atom stereocenters. The maximum atomic E-state index is 13.1. The lowest BCUT2D eigenvalue weighted by atomic mass is 10.0. The number of non-ortho nitro benzene ring substituents is 1. The Bertz CT molecular complexity index is 1030. The Kier molecular flexibility index (Phi) is 6.69. The monoisotopic (exact) mass is 423 g/mol. The summed E-state index contributed by atoms with van der Waals surface area (Å²) < 4.78 is 5.65. The predicted octanol–water partition coefficient (Wildman–Crippen LogP) is 4.23. The molecule has 2 aromatic carbocycles. The average molecular weight is 423 g/mol. The highest BCUT2D eigenvalue weighted by Crippen LogP contribution is 2.32. The number of imide groups is 1. The summed E-state index contributed by atoms with van der Waals surface area (Å²) in [5, 5.41) is 14.1. The van der Waals surface area contributed by atoms with Crippen molar-refractivity contribution in [3.05, 3.63) is 69.9 Å². The van der Waals surface area contributed by atoms with E-state index in [0.717, 1.165) is 6.42 Å². The third-order valence-corrected chi connectivity index (χ3v) is 4.66. The van der Waals surface area contributed by atoms with E-state index in [1.165, 1.54) is 29.2 Å². The van der Waals surface area contributed by atoms with Crippen molar-refractivity contribution in [1.82, 2.24) is 4.90 Å². The standard InChI is InChI=1S/C23H25N3O5/c1-4-12-31-19-7-5-6-17(13-19)24-21-20(16-8-10-18(11-9-16)26(29)30)22(27)25(23(21)28)14-15(2)3/h5-11,13,15,24H,4,12,14H2,1-3H3. The normalized spacial score (nSPS) is 13.9. The van der Waals surface area contributed by atoms with Crippen LogP contribution in [0.25, 0.3) is 5.57 Å². The van der Waals surface area contributed by atoms with E-state index < -0.39 is 16.7 Å². The third kappa shape index (κ3) is 4.91. The molecule has 162 valence electrons. The van der Waals surface area contributed by atoms with Crippen LogP contribution >= 0.6 is 0 Å². The van der Waals surface area contributed by atoms with Crippen LogP contribution in [-0.2, 0) is 9.59 Å². The van der Waals surface area contributed by atoms with Crippen molar-refractivity contribution >= 4 is 28.8 Å². The van der Waals surface area contributed by atoms with Gasteiger partial charge in [0, 0.05) is 30.4 Å². The Balaban J connectivity index is 2.01. The van der Waals surface area contributed by atoms with E-state index in [2.05, 4.69) is 5.32 Å². The van der Waals surface area contributed by atoms with Gasteiger partial charge in [0.2, 0.25) is 0 Å². The van der Waals surface area contributed by atoms with E-state index in [9.17, 15) is 19.7 Å². The van der Waals surface area contributed by atoms with E-state index in [0.29, 0.717) is 23.6 Å². The van der Waals surface area contributed by atoms with Crippen molar-refractivity contribution in [3.8, 4) is 5.75 Å². The van der Waals surface area contributed by atoms with Crippen molar-refractivity contribution in [2.45, 2.75) is 27.2 Å². The number of rotatable bonds is 9. The highest BCUT2D eigenvalue weighted by molar-refractivity contribution is 6.36. The van der Waals surface area contributed by atoms with Crippen LogP contribution in [0, 0.1) is 16.0 Å². The zero-order valence-corrected chi connectivity index (χ0v) is 17.8. The number of ether oxygens (including phenoxy) is 1. The van der Waals surface area contributed by atoms with Crippen LogP contribution in [0.3, 0.4) is 0 Å². The number of carbonyl (C=O) groups excluding carboxylic acids is 2. The number of amides is 2. The quantitative estimate of drug-likeness (QED) is 0.368. The highest BCUT2D eigenvalue weighted by atomic mass is 16.6. The number of nitro groups is 1. The van der Waals surface area contributed by atoms with Crippen LogP contribution in [0.5, 0.6) is 5.75 Å². The first kappa shape index (κ1) is 22.0. The van der Waals surface area contributed by atoms with E-state index in [1.807, 2.05) is 26.8 Å². The number of hydrogen-bond donors (Lipinski definition) is 1. The number of anilines is 1. The molecule has 3 rings (SSSR count). The van der Waals surface area contributed by atoms with Gasteiger partial charge in [0.25, 0.3) is 17.5 Å². The fraction of sp³-hybridized carbons (Fsp3) is 0.304. The summed E-state index contributed by atoms with van der Waals surface area (Å²) in [5.74, 6) is -0.100. The molecule has 2 aromatic rings. The molecule has 0 aromatic heterocycles. The van der Waals surface area contributed by atoms with Crippen LogP contribution in [0.1, 0.15) is 32.8 Å². The van der Waals surface area contributed by atoms with Crippen LogP contribution in [-0.4, -0.2) is 34.8 Å². The van der Waals surface area contributed by atoms with Gasteiger partial charge in [0.1, 0.15) is 11.4 Å². The lowest BCUT2D eigenvalue weighted by molar-refractivity contribution is -0.384. The van der Waals surface area contributed by atoms with Gasteiger partial charge >= 0.3 is 0 Å². The first-order valence-corrected chi connectivity index (χ1v) is 10.2. The largest absolute Gasteiger partial charge is 0.494 e. The Morgan fingerprint density at radius 2 is 1.81 bits per heavy atom. The minimum absolute atomic E-state index is 0.0876. The van der Waals surface area contributed by atoms with Crippen LogP contribution in [0.4, 0.5) is 11.4 Å². The number of hydrogen-bond acceptors (Lipinski definition) is 6. The smallest absolute Gasteiger partial charge is 0.278 e. The molecule has 0 saturated heterocycles. The van der Waals surface area contributed by atoms with Crippen molar-refractivity contribution in [2.24, 2.45) is 5.92 Å². The van der Waals surface area contributed by atoms with Crippen molar-refractivity contribution < 1.29 is 19.2 Å². The van der Waals surface area contributed by atoms with E-state index >= 15 is 0 Å². The third-order valence-electron chi connectivity index (χ3n) is 4.66. The summed E-state index contributed by atoms with van der Waals surface area (Å²) in [7, 11) is 0. The van der Waals surface area contributed by atoms with Crippen LogP contribution in [0.2, 0.25) is 0 Å². The number of nitrogens with one attached hydrogen (secondary N) is 1. The molecule has 1 heterocycles. The Hall–Kier alpha value is -3.68. The molecule has 8 nitrogen and oxygen atoms in total. The van der Waals surface area contributed by atoms with Crippen molar-refractivity contribution in [2.75, 3.05) is 18.5 Å². The van der Waals surface area contributed by atoms with E-state index in [-0.39, 0.29) is 29.4 Å². The second-order valence-corrected chi connectivity index (χ2v) is 7.67. The molecule has 1 aliphatic heterocycles. The minimum atomic E-state index is -0.508. The molecule has 2 amide bonds. The minimum Gasteiger partial charge on any atom is -0.494 e. The van der Waals surface area contributed by atoms with Gasteiger partial charge in [-0.1, -0.05) is 26.8 Å². The lowest BCUT2D eigenvalue weighted by Crippen LogP contribution is -2.35. The van der Waals surface area contributed by atoms with E-state index in [1.54, 1.807) is 18.2 Å². The summed E-state index contributed by atoms with van der Waals surface area (Å²) in [6, 6.07) is 12.8. The molecule has 0 spiro atoms. The molecular weight excluding hydrogens is 398 g/mol. The van der Waals surface area contributed by atoms with Crippen LogP contribution in [0.15, 0.2) is 54.2 Å². The average Bonchev–Trinajstić information content (AvgIpc) is 2.96. The molecule has 0 unspecified atom stereocenters. The maximum Gasteiger partial charge on any atom is 0.278 e. The van der Waals surface area contributed by atoms with Gasteiger partial charge in [0.15, 0.2) is 0 Å². The second kappa shape index (κ2) is 9.42. The highest BCUT2D eigenvalue weighted by Gasteiger charge is 2.39. The summed E-state index contributed by atoms with van der Waals surface area (Å²) in [6.07, 6.45) is 0.865. The van der Waals surface area contributed by atoms with Gasteiger partial charge in [-0.3, -0.25) is 24.6 Å². The van der Waals surface area contributed by atoms with Gasteiger partial charge in [-0.15, -0.1) is 0 Å². The summed E-state index contributed by atoms with van der Waals surface area (Å²) >= 11 is 0. The Labute approximate surface area is 180 Å². The SMILES string of the molecule is CCCOc1cccc(NC2=C(c3ccc([N+](=O)[O-])cc3)C(=O)N(CC(C)C)C2=O)c1. The number of nitro benzene ring substituents is 1. The van der Waals surface area contributed by atoms with Gasteiger partial charge in [-0.25, -0.2) is 0 Å². The van der Waals surface area contributed by atoms with Gasteiger partial charge < -0.3 is 10.1 Å². The first-order chi connectivity index (χ1) is 14.8. The van der Waals surface area contributed by atoms with Crippen molar-refractivity contribution in [1.29, 1.82) is 0 Å². The van der Waals surface area contributed by atoms with Crippen molar-refractivity contribution in [3.63, 3.8) is 0 Å². The molecule has 1 N–H and O–H groups in total. The molecule has 8 heteroatoms. The fourth-order valence-corrected chi connectivity index (χ4v) is 3.27. The number of benzene rings is 2. The maximum absolute atomic E-state index is 13.1. The second-order valence-electron chi connectivity index (χ2n) is 7.67. The van der Waals surface area contributed by atoms with E-state index in [4.69, 9.17) is 4.74 Å². The Morgan fingerprint density at radius 3 is 2.42 bits per heavy atom. The summed E-state index contributed by atoms with van der Waals surface area (Å²) in [6.45, 7) is 6.70. The molecule has 0 bridgehead atoms. The van der Waals surface area contributed by atoms with Gasteiger partial charge in [0.05, 0.1) is 17.1 Å². The zero-order chi connectivity index (χ0) is 22.5. The lowest BCUT2D eigenvalue weighted by Gasteiger charge is -2.17. The summed E-state index contributed by atoms with van der Waals surface area (Å²) in [4.78, 5) is 37.9. The molecular formula is C23H25N3O5. The molecule has 0 fully saturated rings. The molecule has 31 heavy (non-hydrogen) atoms. The molecule has 0 radical (unpaired) electrons. The van der Waals surface area contributed by atoms with Crippen LogP contribution < -0.4 is 10.1 Å². The number of nitrogens with zero attached hydrogens (tertiary/aromatic N) is 2. The number of carbonyl (C=O) groups is 2. The predicted molar refractivity (Wildman–Crippen MR) is 117 cm³/mol. The molecule has 0 aliphatic carbocycles. The molecule has 0 saturated carbocycles. The fourth-order valence-electron chi connectivity index (χ4n) is 3.27. The zero-order valence-electron chi connectivity index (χ0n) is 17.8. The summed E-state index contributed by atoms with van der Waals surface area (Å²) in [5.41, 5.74) is 1.30. The first-order valence-electron chi connectivity index (χ1n) is 10.2. The topological polar surface area (TPSA) is 102 Å². The molecule has 1 aliphatic rings.